The second kappa shape index (κ2) is 7.79. The van der Waals surface area contributed by atoms with Crippen LogP contribution in [0.5, 0.6) is 0 Å². The summed E-state index contributed by atoms with van der Waals surface area (Å²) >= 11 is 6.13. The summed E-state index contributed by atoms with van der Waals surface area (Å²) in [5.74, 6) is 0.424. The van der Waals surface area contributed by atoms with Crippen LogP contribution in [-0.4, -0.2) is 17.2 Å². The zero-order chi connectivity index (χ0) is 17.6. The molecule has 0 saturated heterocycles. The van der Waals surface area contributed by atoms with E-state index in [9.17, 15) is 9.90 Å². The van der Waals surface area contributed by atoms with Crippen LogP contribution in [0.25, 0.3) is 11.3 Å². The van der Waals surface area contributed by atoms with Crippen molar-refractivity contribution in [1.82, 2.24) is 5.43 Å². The number of amides is 1. The van der Waals surface area contributed by atoms with Gasteiger partial charge in [0.2, 0.25) is 0 Å². The topological polar surface area (TPSA) is 74.8 Å². The van der Waals surface area contributed by atoms with Crippen LogP contribution < -0.4 is 5.43 Å². The van der Waals surface area contributed by atoms with Gasteiger partial charge in [-0.3, -0.25) is 4.79 Å². The summed E-state index contributed by atoms with van der Waals surface area (Å²) in [5, 5.41) is 14.3. The first-order valence-electron chi connectivity index (χ1n) is 7.56. The van der Waals surface area contributed by atoms with Crippen LogP contribution in [0.15, 0.2) is 76.2 Å². The van der Waals surface area contributed by atoms with Gasteiger partial charge in [0.15, 0.2) is 6.10 Å². The molecular formula is C19H15ClN2O3. The number of hydrazone groups is 1. The maximum absolute atomic E-state index is 11.9. The van der Waals surface area contributed by atoms with Gasteiger partial charge in [-0.15, -0.1) is 0 Å². The second-order valence-corrected chi connectivity index (χ2v) is 5.64. The van der Waals surface area contributed by atoms with Gasteiger partial charge in [0, 0.05) is 5.56 Å². The molecule has 0 aliphatic rings. The lowest BCUT2D eigenvalue weighted by atomic mass is 10.1. The van der Waals surface area contributed by atoms with Crippen LogP contribution in [0.4, 0.5) is 0 Å². The summed E-state index contributed by atoms with van der Waals surface area (Å²) in [6, 6.07) is 19.4. The fourth-order valence-corrected chi connectivity index (χ4v) is 2.46. The fourth-order valence-electron chi connectivity index (χ4n) is 2.24. The number of carbonyl (C=O) groups excluding carboxylic acids is 1. The molecule has 3 rings (SSSR count). The van der Waals surface area contributed by atoms with E-state index in [4.69, 9.17) is 16.0 Å². The molecule has 25 heavy (non-hydrogen) atoms. The van der Waals surface area contributed by atoms with Crippen molar-refractivity contribution in [1.29, 1.82) is 0 Å². The molecule has 5 nitrogen and oxygen atoms in total. The third-order valence-electron chi connectivity index (χ3n) is 3.50. The summed E-state index contributed by atoms with van der Waals surface area (Å²) in [6.45, 7) is 0. The Balaban J connectivity index is 1.63. The van der Waals surface area contributed by atoms with Gasteiger partial charge in [-0.05, 0) is 29.8 Å². The van der Waals surface area contributed by atoms with Gasteiger partial charge in [0.1, 0.15) is 11.5 Å². The second-order valence-electron chi connectivity index (χ2n) is 5.23. The molecule has 0 bridgehead atoms. The third kappa shape index (κ3) is 4.15. The standard InChI is InChI=1S/C19H15ClN2O3/c20-16-9-5-4-8-15(16)17-11-10-14(25-17)12-21-22-19(24)18(23)13-6-2-1-3-7-13/h1-12,18,23H,(H,22,24)/b21-12-/t18-/m0/s1. The molecule has 0 aliphatic carbocycles. The number of furan rings is 1. The number of nitrogens with one attached hydrogen (secondary N) is 1. The van der Waals surface area contributed by atoms with Gasteiger partial charge in [0.05, 0.1) is 11.2 Å². The molecule has 0 saturated carbocycles. The highest BCUT2D eigenvalue weighted by atomic mass is 35.5. The SMILES string of the molecule is O=C(N/N=C\c1ccc(-c2ccccc2Cl)o1)[C@@H](O)c1ccccc1. The van der Waals surface area contributed by atoms with Crippen LogP contribution in [0.1, 0.15) is 17.4 Å². The van der Waals surface area contributed by atoms with Crippen molar-refractivity contribution in [3.8, 4) is 11.3 Å². The van der Waals surface area contributed by atoms with Crippen LogP contribution >= 0.6 is 11.6 Å². The molecule has 0 unspecified atom stereocenters. The number of hydrogen-bond donors (Lipinski definition) is 2. The highest BCUT2D eigenvalue weighted by molar-refractivity contribution is 6.33. The molecule has 1 atom stereocenters. The Labute approximate surface area is 149 Å². The molecule has 1 aromatic heterocycles. The minimum absolute atomic E-state index is 0.449. The first-order chi connectivity index (χ1) is 12.1. The molecule has 2 N–H and O–H groups in total. The summed E-state index contributed by atoms with van der Waals surface area (Å²) in [7, 11) is 0. The summed E-state index contributed by atoms with van der Waals surface area (Å²) < 4.78 is 5.63. The first-order valence-corrected chi connectivity index (χ1v) is 7.93. The van der Waals surface area contributed by atoms with Gasteiger partial charge in [-0.2, -0.15) is 5.10 Å². The van der Waals surface area contributed by atoms with Crippen molar-refractivity contribution >= 4 is 23.7 Å². The van der Waals surface area contributed by atoms with Crippen LogP contribution in [0.2, 0.25) is 5.02 Å². The van der Waals surface area contributed by atoms with E-state index >= 15 is 0 Å². The predicted molar refractivity (Wildman–Crippen MR) is 96.3 cm³/mol. The lowest BCUT2D eigenvalue weighted by Crippen LogP contribution is -2.25. The number of halogens is 1. The van der Waals surface area contributed by atoms with Crippen molar-refractivity contribution < 1.29 is 14.3 Å². The third-order valence-corrected chi connectivity index (χ3v) is 3.83. The summed E-state index contributed by atoms with van der Waals surface area (Å²) in [5.41, 5.74) is 3.55. The molecule has 0 fully saturated rings. The Kier molecular flexibility index (Phi) is 5.28. The average Bonchev–Trinajstić information content (AvgIpc) is 3.10. The van der Waals surface area contributed by atoms with Crippen molar-refractivity contribution in [2.45, 2.75) is 6.10 Å². The zero-order valence-corrected chi connectivity index (χ0v) is 13.9. The van der Waals surface area contributed by atoms with E-state index in [2.05, 4.69) is 10.5 Å². The zero-order valence-electron chi connectivity index (χ0n) is 13.1. The molecule has 1 heterocycles. The number of hydrogen-bond acceptors (Lipinski definition) is 4. The van der Waals surface area contributed by atoms with E-state index in [1.807, 2.05) is 18.2 Å². The quantitative estimate of drug-likeness (QED) is 0.540. The average molecular weight is 355 g/mol. The first kappa shape index (κ1) is 17.0. The van der Waals surface area contributed by atoms with Crippen molar-refractivity contribution in [2.24, 2.45) is 5.10 Å². The summed E-state index contributed by atoms with van der Waals surface area (Å²) in [6.07, 6.45) is 0.0734. The molecule has 2 aromatic carbocycles. The fraction of sp³-hybridized carbons (Fsp3) is 0.0526. The Morgan fingerprint density at radius 2 is 1.80 bits per heavy atom. The Morgan fingerprint density at radius 1 is 1.08 bits per heavy atom. The van der Waals surface area contributed by atoms with E-state index < -0.39 is 12.0 Å². The Hall–Kier alpha value is -2.89. The largest absolute Gasteiger partial charge is 0.455 e. The number of aliphatic hydroxyl groups excluding tert-OH is 1. The van der Waals surface area contributed by atoms with Crippen molar-refractivity contribution in [2.75, 3.05) is 0 Å². The Bertz CT molecular complexity index is 890. The maximum atomic E-state index is 11.9. The van der Waals surface area contributed by atoms with E-state index in [1.54, 1.807) is 48.5 Å². The molecule has 6 heteroatoms. The number of carbonyl (C=O) groups is 1. The normalized spacial score (nSPS) is 12.2. The van der Waals surface area contributed by atoms with Crippen LogP contribution in [-0.2, 0) is 4.79 Å². The number of benzene rings is 2. The van der Waals surface area contributed by atoms with E-state index in [1.165, 1.54) is 6.21 Å². The van der Waals surface area contributed by atoms with Crippen molar-refractivity contribution in [3.63, 3.8) is 0 Å². The van der Waals surface area contributed by atoms with Gasteiger partial charge in [-0.1, -0.05) is 54.1 Å². The van der Waals surface area contributed by atoms with E-state index in [-0.39, 0.29) is 0 Å². The molecule has 0 spiro atoms. The Morgan fingerprint density at radius 3 is 2.56 bits per heavy atom. The monoisotopic (exact) mass is 354 g/mol. The number of nitrogens with zero attached hydrogens (tertiary/aromatic N) is 1. The van der Waals surface area contributed by atoms with Gasteiger partial charge >= 0.3 is 0 Å². The van der Waals surface area contributed by atoms with Crippen molar-refractivity contribution in [3.05, 3.63) is 83.1 Å². The minimum Gasteiger partial charge on any atom is -0.455 e. The number of aliphatic hydroxyl groups is 1. The van der Waals surface area contributed by atoms with E-state index in [0.29, 0.717) is 22.1 Å². The molecule has 0 aliphatic heterocycles. The molecular weight excluding hydrogens is 340 g/mol. The van der Waals surface area contributed by atoms with Crippen LogP contribution in [0.3, 0.4) is 0 Å². The van der Waals surface area contributed by atoms with E-state index in [0.717, 1.165) is 5.56 Å². The lowest BCUT2D eigenvalue weighted by molar-refractivity contribution is -0.129. The molecule has 3 aromatic rings. The highest BCUT2D eigenvalue weighted by Crippen LogP contribution is 2.28. The van der Waals surface area contributed by atoms with Crippen LogP contribution in [0, 0.1) is 0 Å². The molecule has 1 amide bonds. The maximum Gasteiger partial charge on any atom is 0.273 e. The van der Waals surface area contributed by atoms with Gasteiger partial charge in [0.25, 0.3) is 5.91 Å². The predicted octanol–water partition coefficient (Wildman–Crippen LogP) is 3.78. The summed E-state index contributed by atoms with van der Waals surface area (Å²) in [4.78, 5) is 11.9. The van der Waals surface area contributed by atoms with Gasteiger partial charge in [-0.25, -0.2) is 5.43 Å². The highest BCUT2D eigenvalue weighted by Gasteiger charge is 2.16. The number of rotatable bonds is 5. The smallest absolute Gasteiger partial charge is 0.273 e. The minimum atomic E-state index is -1.28. The van der Waals surface area contributed by atoms with Gasteiger partial charge < -0.3 is 9.52 Å². The lowest BCUT2D eigenvalue weighted by Gasteiger charge is -2.08. The molecule has 126 valence electrons. The molecule has 0 radical (unpaired) electrons.